The van der Waals surface area contributed by atoms with E-state index in [-0.39, 0.29) is 18.0 Å². The number of methoxy groups -OCH3 is 1. The van der Waals surface area contributed by atoms with Gasteiger partial charge in [0.25, 0.3) is 5.91 Å². The molecule has 1 aromatic heterocycles. The number of aliphatic carboxylic acids is 1. The molecule has 38 heavy (non-hydrogen) atoms. The lowest BCUT2D eigenvalue weighted by Crippen LogP contribution is -2.44. The molecule has 0 fully saturated rings. The molecule has 3 N–H and O–H groups in total. The van der Waals surface area contributed by atoms with Gasteiger partial charge in [0.2, 0.25) is 5.78 Å². The maximum atomic E-state index is 12.8. The number of Topliss-reactive ketones (excluding diaryl/α,β-unsaturated/α-hetero) is 1. The molecule has 9 nitrogen and oxygen atoms in total. The molecule has 0 radical (unpaired) electrons. The summed E-state index contributed by atoms with van der Waals surface area (Å²) >= 11 is 0. The van der Waals surface area contributed by atoms with Crippen molar-refractivity contribution in [3.05, 3.63) is 95.4 Å². The molecule has 5 rings (SSSR count). The van der Waals surface area contributed by atoms with E-state index in [0.29, 0.717) is 28.4 Å². The van der Waals surface area contributed by atoms with Gasteiger partial charge in [0.15, 0.2) is 12.4 Å². The normalized spacial score (nSPS) is 14.1. The van der Waals surface area contributed by atoms with E-state index in [9.17, 15) is 19.5 Å². The van der Waals surface area contributed by atoms with E-state index in [4.69, 9.17) is 14.2 Å². The summed E-state index contributed by atoms with van der Waals surface area (Å²) in [7, 11) is 1.55. The SMILES string of the molecule is COc1ccccc1C=C1Oc2cc(OCC(=O)NC(Cc3c[nH]c4ccccc34)C(=O)O)ccc2C1=O. The molecule has 0 spiro atoms. The van der Waals surface area contributed by atoms with Crippen molar-refractivity contribution in [2.24, 2.45) is 0 Å². The van der Waals surface area contributed by atoms with Gasteiger partial charge in [0.05, 0.1) is 12.7 Å². The zero-order valence-electron chi connectivity index (χ0n) is 20.4. The molecule has 4 aromatic rings. The lowest BCUT2D eigenvalue weighted by atomic mass is 10.1. The van der Waals surface area contributed by atoms with E-state index in [2.05, 4.69) is 10.3 Å². The molecular weight excluding hydrogens is 488 g/mol. The highest BCUT2D eigenvalue weighted by Gasteiger charge is 2.28. The molecule has 1 atom stereocenters. The van der Waals surface area contributed by atoms with E-state index >= 15 is 0 Å². The first-order valence-electron chi connectivity index (χ1n) is 11.8. The summed E-state index contributed by atoms with van der Waals surface area (Å²) < 4.78 is 16.6. The molecule has 0 saturated carbocycles. The summed E-state index contributed by atoms with van der Waals surface area (Å²) in [6.45, 7) is -0.408. The second-order valence-corrected chi connectivity index (χ2v) is 8.65. The van der Waals surface area contributed by atoms with Crippen LogP contribution >= 0.6 is 0 Å². The van der Waals surface area contributed by atoms with E-state index in [1.54, 1.807) is 37.6 Å². The largest absolute Gasteiger partial charge is 0.496 e. The molecule has 1 amide bonds. The van der Waals surface area contributed by atoms with Crippen LogP contribution in [-0.2, 0) is 16.0 Å². The Balaban J connectivity index is 1.22. The monoisotopic (exact) mass is 512 g/mol. The second-order valence-electron chi connectivity index (χ2n) is 8.65. The van der Waals surface area contributed by atoms with Crippen LogP contribution in [0.5, 0.6) is 17.2 Å². The first-order valence-corrected chi connectivity index (χ1v) is 11.8. The Morgan fingerprint density at radius 1 is 1.11 bits per heavy atom. The molecule has 3 aromatic carbocycles. The van der Waals surface area contributed by atoms with E-state index in [1.807, 2.05) is 42.5 Å². The van der Waals surface area contributed by atoms with Crippen LogP contribution in [0.3, 0.4) is 0 Å². The molecule has 1 aliphatic heterocycles. The molecule has 192 valence electrons. The average molecular weight is 513 g/mol. The molecule has 1 aliphatic rings. The van der Waals surface area contributed by atoms with E-state index < -0.39 is 24.5 Å². The van der Waals surface area contributed by atoms with Gasteiger partial charge < -0.3 is 29.6 Å². The van der Waals surface area contributed by atoms with Crippen LogP contribution < -0.4 is 19.5 Å². The van der Waals surface area contributed by atoms with E-state index in [0.717, 1.165) is 16.5 Å². The smallest absolute Gasteiger partial charge is 0.326 e. The number of allylic oxidation sites excluding steroid dienone is 1. The molecule has 9 heteroatoms. The summed E-state index contributed by atoms with van der Waals surface area (Å²) in [5, 5.41) is 13.1. The summed E-state index contributed by atoms with van der Waals surface area (Å²) in [5.41, 5.74) is 2.73. The number of benzene rings is 3. The number of H-pyrrole nitrogens is 1. The highest BCUT2D eigenvalue weighted by molar-refractivity contribution is 6.14. The number of carbonyl (C=O) groups excluding carboxylic acids is 2. The summed E-state index contributed by atoms with van der Waals surface area (Å²) in [5.74, 6) is -0.677. The van der Waals surface area contributed by atoms with Gasteiger partial charge in [-0.1, -0.05) is 36.4 Å². The number of carboxylic acids is 1. The Morgan fingerprint density at radius 2 is 1.89 bits per heavy atom. The minimum atomic E-state index is -1.15. The highest BCUT2D eigenvalue weighted by atomic mass is 16.5. The fourth-order valence-electron chi connectivity index (χ4n) is 4.29. The third-order valence-corrected chi connectivity index (χ3v) is 6.17. The van der Waals surface area contributed by atoms with Gasteiger partial charge in [0, 0.05) is 35.2 Å². The van der Waals surface area contributed by atoms with Crippen LogP contribution in [0.4, 0.5) is 0 Å². The number of ketones is 1. The Bertz CT molecular complexity index is 1570. The quantitative estimate of drug-likeness (QED) is 0.290. The van der Waals surface area contributed by atoms with Gasteiger partial charge in [-0.05, 0) is 35.9 Å². The zero-order valence-corrected chi connectivity index (χ0v) is 20.4. The molecule has 1 unspecified atom stereocenters. The number of hydrogen-bond acceptors (Lipinski definition) is 6. The number of carbonyl (C=O) groups is 3. The maximum absolute atomic E-state index is 12.8. The fraction of sp³-hybridized carbons (Fsp3) is 0.138. The minimum absolute atomic E-state index is 0.112. The standard InChI is InChI=1S/C29H24N2O7/c1-36-24-9-5-2-6-17(24)13-26-28(33)21-11-10-19(14-25(21)38-26)37-16-27(32)31-23(29(34)35)12-18-15-30-22-8-4-3-7-20(18)22/h2-11,13-15,23,30H,12,16H2,1H3,(H,31,32)(H,34,35). The third kappa shape index (κ3) is 5.08. The van der Waals surface area contributed by atoms with Crippen LogP contribution in [-0.4, -0.2) is 47.5 Å². The molecule has 0 saturated heterocycles. The Hall–Kier alpha value is -5.05. The van der Waals surface area contributed by atoms with Crippen LogP contribution in [0.15, 0.2) is 78.7 Å². The number of para-hydroxylation sites is 2. The molecule has 0 bridgehead atoms. The van der Waals surface area contributed by atoms with Crippen LogP contribution in [0.25, 0.3) is 17.0 Å². The number of hydrogen-bond donors (Lipinski definition) is 3. The number of fused-ring (bicyclic) bond motifs is 2. The number of aromatic nitrogens is 1. The number of carboxylic acid groups (broad SMARTS) is 1. The van der Waals surface area contributed by atoms with Gasteiger partial charge in [-0.15, -0.1) is 0 Å². The van der Waals surface area contributed by atoms with Crippen molar-refractivity contribution < 1.29 is 33.7 Å². The molecular formula is C29H24N2O7. The van der Waals surface area contributed by atoms with Crippen molar-refractivity contribution in [1.29, 1.82) is 0 Å². The number of aromatic amines is 1. The predicted molar refractivity (Wildman–Crippen MR) is 139 cm³/mol. The summed E-state index contributed by atoms with van der Waals surface area (Å²) in [6, 6.07) is 18.3. The lowest BCUT2D eigenvalue weighted by molar-refractivity contribution is -0.142. The van der Waals surface area contributed by atoms with Crippen molar-refractivity contribution in [2.45, 2.75) is 12.5 Å². The number of nitrogens with one attached hydrogen (secondary N) is 2. The average Bonchev–Trinajstić information content (AvgIpc) is 3.47. The van der Waals surface area contributed by atoms with Crippen LogP contribution in [0.2, 0.25) is 0 Å². The van der Waals surface area contributed by atoms with Crippen molar-refractivity contribution in [1.82, 2.24) is 10.3 Å². The van der Waals surface area contributed by atoms with Crippen LogP contribution in [0, 0.1) is 0 Å². The third-order valence-electron chi connectivity index (χ3n) is 6.17. The van der Waals surface area contributed by atoms with Crippen molar-refractivity contribution >= 4 is 34.6 Å². The maximum Gasteiger partial charge on any atom is 0.326 e. The lowest BCUT2D eigenvalue weighted by Gasteiger charge is -2.15. The Morgan fingerprint density at radius 3 is 2.71 bits per heavy atom. The molecule has 0 aliphatic carbocycles. The predicted octanol–water partition coefficient (Wildman–Crippen LogP) is 3.98. The zero-order chi connectivity index (χ0) is 26.6. The summed E-state index contributed by atoms with van der Waals surface area (Å²) in [6.07, 6.45) is 3.46. The summed E-state index contributed by atoms with van der Waals surface area (Å²) in [4.78, 5) is 40.2. The Kier molecular flexibility index (Phi) is 6.82. The van der Waals surface area contributed by atoms with Crippen LogP contribution in [0.1, 0.15) is 21.5 Å². The topological polar surface area (TPSA) is 127 Å². The van der Waals surface area contributed by atoms with Gasteiger partial charge in [0.1, 0.15) is 23.3 Å². The van der Waals surface area contributed by atoms with Gasteiger partial charge in [-0.3, -0.25) is 9.59 Å². The number of ether oxygens (including phenoxy) is 3. The first kappa shape index (κ1) is 24.6. The molecule has 2 heterocycles. The Labute approximate surface area is 217 Å². The van der Waals surface area contributed by atoms with Crippen molar-refractivity contribution in [3.8, 4) is 17.2 Å². The van der Waals surface area contributed by atoms with Gasteiger partial charge >= 0.3 is 5.97 Å². The highest BCUT2D eigenvalue weighted by Crippen LogP contribution is 2.35. The second kappa shape index (κ2) is 10.5. The minimum Gasteiger partial charge on any atom is -0.496 e. The van der Waals surface area contributed by atoms with Crippen molar-refractivity contribution in [2.75, 3.05) is 13.7 Å². The van der Waals surface area contributed by atoms with Gasteiger partial charge in [-0.25, -0.2) is 4.79 Å². The number of rotatable bonds is 9. The first-order chi connectivity index (χ1) is 18.4. The van der Waals surface area contributed by atoms with Gasteiger partial charge in [-0.2, -0.15) is 0 Å². The van der Waals surface area contributed by atoms with Crippen molar-refractivity contribution in [3.63, 3.8) is 0 Å². The number of amides is 1. The van der Waals surface area contributed by atoms with E-state index in [1.165, 1.54) is 6.07 Å². The fourth-order valence-corrected chi connectivity index (χ4v) is 4.29.